The second-order valence-electron chi connectivity index (χ2n) is 10.8. The summed E-state index contributed by atoms with van der Waals surface area (Å²) in [5.74, 6) is 2.18. The van der Waals surface area contributed by atoms with E-state index in [9.17, 15) is 15.3 Å². The summed E-state index contributed by atoms with van der Waals surface area (Å²) in [6, 6.07) is 0. The van der Waals surface area contributed by atoms with Gasteiger partial charge >= 0.3 is 0 Å². The van der Waals surface area contributed by atoms with Crippen molar-refractivity contribution in [2.24, 2.45) is 29.1 Å². The molecule has 0 bridgehead atoms. The SMILES string of the molecule is CC1[C@H](O)CC(=C/C=C2\CCC[C@@]3(C)C2CCC3[C@@H](C)CCC[C@@H](C)O)C[C@H]1O. The molecular formula is C26H44O3. The second kappa shape index (κ2) is 9.66. The van der Waals surface area contributed by atoms with Gasteiger partial charge in [0.1, 0.15) is 0 Å². The molecule has 3 nitrogen and oxygen atoms in total. The van der Waals surface area contributed by atoms with Crippen LogP contribution >= 0.6 is 0 Å². The van der Waals surface area contributed by atoms with Crippen LogP contribution in [-0.4, -0.2) is 33.6 Å². The van der Waals surface area contributed by atoms with Crippen LogP contribution in [0, 0.1) is 29.1 Å². The van der Waals surface area contributed by atoms with Gasteiger partial charge in [-0.1, -0.05) is 56.9 Å². The van der Waals surface area contributed by atoms with E-state index in [1.54, 1.807) is 5.57 Å². The fourth-order valence-corrected chi connectivity index (χ4v) is 6.76. The van der Waals surface area contributed by atoms with Gasteiger partial charge in [-0.05, 0) is 81.5 Å². The van der Waals surface area contributed by atoms with Crippen LogP contribution < -0.4 is 0 Å². The molecule has 3 heteroatoms. The standard InChI is InChI=1S/C26H44O3/c1-17(7-5-8-18(2)27)22-12-13-23-21(9-6-14-26(22,23)4)11-10-20-15-24(28)19(3)25(29)16-20/h10-11,17-19,22-25,27-29H,5-9,12-16H2,1-4H3/b20-10?,21-11+/t17-,18+,19?,22?,23?,24+,25+,26+/m0/s1. The van der Waals surface area contributed by atoms with Gasteiger partial charge in [-0.3, -0.25) is 0 Å². The monoisotopic (exact) mass is 404 g/mol. The smallest absolute Gasteiger partial charge is 0.0627 e. The van der Waals surface area contributed by atoms with Gasteiger partial charge in [-0.25, -0.2) is 0 Å². The highest BCUT2D eigenvalue weighted by Gasteiger charge is 2.50. The lowest BCUT2D eigenvalue weighted by Crippen LogP contribution is -2.36. The van der Waals surface area contributed by atoms with Crippen molar-refractivity contribution in [1.29, 1.82) is 0 Å². The lowest BCUT2D eigenvalue weighted by atomic mass is 9.60. The van der Waals surface area contributed by atoms with E-state index in [2.05, 4.69) is 26.0 Å². The minimum Gasteiger partial charge on any atom is -0.393 e. The number of fused-ring (bicyclic) bond motifs is 1. The summed E-state index contributed by atoms with van der Waals surface area (Å²) in [6.07, 6.45) is 14.7. The Morgan fingerprint density at radius 3 is 2.41 bits per heavy atom. The lowest BCUT2D eigenvalue weighted by Gasteiger charge is -2.44. The molecule has 3 N–H and O–H groups in total. The van der Waals surface area contributed by atoms with Gasteiger partial charge in [0.15, 0.2) is 0 Å². The lowest BCUT2D eigenvalue weighted by molar-refractivity contribution is 0.00406. The first-order valence-corrected chi connectivity index (χ1v) is 12.1. The quantitative estimate of drug-likeness (QED) is 0.556. The Morgan fingerprint density at radius 2 is 1.76 bits per heavy atom. The van der Waals surface area contributed by atoms with Gasteiger partial charge in [-0.2, -0.15) is 0 Å². The van der Waals surface area contributed by atoms with Crippen LogP contribution in [0.25, 0.3) is 0 Å². The molecule has 3 rings (SSSR count). The van der Waals surface area contributed by atoms with Crippen LogP contribution in [-0.2, 0) is 0 Å². The molecule has 3 saturated carbocycles. The number of aliphatic hydroxyl groups is 3. The van der Waals surface area contributed by atoms with E-state index in [-0.39, 0.29) is 12.0 Å². The maximum Gasteiger partial charge on any atom is 0.0627 e. The van der Waals surface area contributed by atoms with Crippen LogP contribution in [0.5, 0.6) is 0 Å². The van der Waals surface area contributed by atoms with E-state index >= 15 is 0 Å². The molecule has 3 aliphatic rings. The van der Waals surface area contributed by atoms with Crippen molar-refractivity contribution in [2.75, 3.05) is 0 Å². The Balaban J connectivity index is 1.68. The van der Waals surface area contributed by atoms with Gasteiger partial charge in [0.2, 0.25) is 0 Å². The average Bonchev–Trinajstić information content (AvgIpc) is 3.01. The number of hydrogen-bond acceptors (Lipinski definition) is 3. The van der Waals surface area contributed by atoms with E-state index in [0.717, 1.165) is 24.7 Å². The first-order valence-electron chi connectivity index (χ1n) is 12.1. The minimum absolute atomic E-state index is 0.0244. The van der Waals surface area contributed by atoms with Gasteiger partial charge in [0.25, 0.3) is 0 Å². The Hall–Kier alpha value is -0.640. The molecule has 0 saturated heterocycles. The predicted octanol–water partition coefficient (Wildman–Crippen LogP) is 5.39. The molecule has 0 aromatic carbocycles. The highest BCUT2D eigenvalue weighted by Crippen LogP contribution is 2.59. The molecule has 0 aromatic rings. The van der Waals surface area contributed by atoms with Crippen molar-refractivity contribution in [3.63, 3.8) is 0 Å². The Morgan fingerprint density at radius 1 is 1.07 bits per heavy atom. The molecule has 29 heavy (non-hydrogen) atoms. The van der Waals surface area contributed by atoms with Gasteiger partial charge in [0, 0.05) is 5.92 Å². The number of hydrogen-bond donors (Lipinski definition) is 3. The van der Waals surface area contributed by atoms with Gasteiger partial charge in [0.05, 0.1) is 18.3 Å². The van der Waals surface area contributed by atoms with Crippen molar-refractivity contribution in [2.45, 2.75) is 110 Å². The van der Waals surface area contributed by atoms with E-state index in [0.29, 0.717) is 24.2 Å². The first-order chi connectivity index (χ1) is 13.7. The van der Waals surface area contributed by atoms with Gasteiger partial charge in [-0.15, -0.1) is 0 Å². The van der Waals surface area contributed by atoms with Crippen molar-refractivity contribution >= 4 is 0 Å². The molecule has 3 aliphatic carbocycles. The molecular weight excluding hydrogens is 360 g/mol. The van der Waals surface area contributed by atoms with E-state index in [4.69, 9.17) is 0 Å². The van der Waals surface area contributed by atoms with Crippen molar-refractivity contribution in [1.82, 2.24) is 0 Å². The van der Waals surface area contributed by atoms with E-state index < -0.39 is 12.2 Å². The van der Waals surface area contributed by atoms with Crippen molar-refractivity contribution < 1.29 is 15.3 Å². The van der Waals surface area contributed by atoms with Crippen LogP contribution in [0.15, 0.2) is 23.3 Å². The zero-order valence-corrected chi connectivity index (χ0v) is 19.1. The van der Waals surface area contributed by atoms with Crippen LogP contribution in [0.1, 0.15) is 91.9 Å². The number of allylic oxidation sites excluding steroid dienone is 3. The molecule has 0 radical (unpaired) electrons. The molecule has 7 atom stereocenters. The Bertz CT molecular complexity index is 593. The zero-order valence-electron chi connectivity index (χ0n) is 19.1. The third-order valence-corrected chi connectivity index (χ3v) is 8.70. The maximum atomic E-state index is 10.2. The summed E-state index contributed by atoms with van der Waals surface area (Å²) >= 11 is 0. The fraction of sp³-hybridized carbons (Fsp3) is 0.846. The molecule has 0 amide bonds. The molecule has 0 spiro atoms. The normalized spacial score (nSPS) is 41.3. The van der Waals surface area contributed by atoms with Gasteiger partial charge < -0.3 is 15.3 Å². The number of aliphatic hydroxyl groups excluding tert-OH is 3. The van der Waals surface area contributed by atoms with Crippen LogP contribution in [0.3, 0.4) is 0 Å². The van der Waals surface area contributed by atoms with Crippen LogP contribution in [0.2, 0.25) is 0 Å². The topological polar surface area (TPSA) is 60.7 Å². The molecule has 166 valence electrons. The summed E-state index contributed by atoms with van der Waals surface area (Å²) in [7, 11) is 0. The first kappa shape index (κ1) is 23.0. The zero-order chi connectivity index (χ0) is 21.2. The Labute approximate surface area is 178 Å². The molecule has 0 aromatic heterocycles. The number of rotatable bonds is 6. The summed E-state index contributed by atoms with van der Waals surface area (Å²) in [4.78, 5) is 0. The highest BCUT2D eigenvalue weighted by atomic mass is 16.3. The Kier molecular flexibility index (Phi) is 7.67. The largest absolute Gasteiger partial charge is 0.393 e. The van der Waals surface area contributed by atoms with E-state index in [1.807, 2.05) is 13.8 Å². The van der Waals surface area contributed by atoms with Crippen LogP contribution in [0.4, 0.5) is 0 Å². The predicted molar refractivity (Wildman–Crippen MR) is 119 cm³/mol. The summed E-state index contributed by atoms with van der Waals surface area (Å²) < 4.78 is 0. The molecule has 0 aliphatic heterocycles. The summed E-state index contributed by atoms with van der Waals surface area (Å²) in [5, 5.41) is 30.0. The minimum atomic E-state index is -0.418. The summed E-state index contributed by atoms with van der Waals surface area (Å²) in [5.41, 5.74) is 3.21. The molecule has 3 fully saturated rings. The average molecular weight is 405 g/mol. The molecule has 0 heterocycles. The van der Waals surface area contributed by atoms with E-state index in [1.165, 1.54) is 44.1 Å². The third-order valence-electron chi connectivity index (χ3n) is 8.70. The highest BCUT2D eigenvalue weighted by molar-refractivity contribution is 5.26. The van der Waals surface area contributed by atoms with Crippen molar-refractivity contribution in [3.05, 3.63) is 23.3 Å². The molecule has 2 unspecified atom stereocenters. The summed E-state index contributed by atoms with van der Waals surface area (Å²) in [6.45, 7) is 8.82. The maximum absolute atomic E-state index is 10.2. The fourth-order valence-electron chi connectivity index (χ4n) is 6.76. The van der Waals surface area contributed by atoms with Crippen molar-refractivity contribution in [3.8, 4) is 0 Å². The third kappa shape index (κ3) is 5.17. The second-order valence-corrected chi connectivity index (χ2v) is 10.8.